The Bertz CT molecular complexity index is 334. The average Bonchev–Trinajstić information content (AvgIpc) is 2.69. The number of rotatable bonds is 3. The average molecular weight is 286 g/mol. The molecule has 1 aromatic carbocycles. The monoisotopic (exact) mass is 285 g/mol. The molecule has 1 aliphatic rings. The summed E-state index contributed by atoms with van der Waals surface area (Å²) < 4.78 is 1.15. The molecule has 82 valence electrons. The summed E-state index contributed by atoms with van der Waals surface area (Å²) in [5.74, 6) is 3.52. The van der Waals surface area contributed by atoms with Gasteiger partial charge in [0.05, 0.1) is 0 Å². The number of thioether (sulfide) groups is 1. The topological polar surface area (TPSA) is 12.0 Å². The molecule has 1 nitrogen and oxygen atoms in total. The second-order valence-corrected chi connectivity index (χ2v) is 6.14. The van der Waals surface area contributed by atoms with Crippen molar-refractivity contribution in [1.82, 2.24) is 0 Å². The molecule has 1 saturated heterocycles. The Balaban J connectivity index is 1.92. The SMILES string of the molecule is Cc1cc(Br)ccc1NCC1CCSC1. The summed E-state index contributed by atoms with van der Waals surface area (Å²) in [6.07, 6.45) is 1.37. The van der Waals surface area contributed by atoms with Gasteiger partial charge in [0.1, 0.15) is 0 Å². The highest BCUT2D eigenvalue weighted by Gasteiger charge is 2.14. The quantitative estimate of drug-likeness (QED) is 0.903. The lowest BCUT2D eigenvalue weighted by atomic mass is 10.1. The lowest BCUT2D eigenvalue weighted by Gasteiger charge is -2.13. The highest BCUT2D eigenvalue weighted by molar-refractivity contribution is 9.10. The highest BCUT2D eigenvalue weighted by atomic mass is 79.9. The van der Waals surface area contributed by atoms with Gasteiger partial charge in [-0.3, -0.25) is 0 Å². The highest BCUT2D eigenvalue weighted by Crippen LogP contribution is 2.25. The van der Waals surface area contributed by atoms with E-state index < -0.39 is 0 Å². The molecule has 0 amide bonds. The van der Waals surface area contributed by atoms with E-state index in [9.17, 15) is 0 Å². The summed E-state index contributed by atoms with van der Waals surface area (Å²) in [7, 11) is 0. The predicted octanol–water partition coefficient (Wildman–Crippen LogP) is 3.92. The molecule has 15 heavy (non-hydrogen) atoms. The first kappa shape index (κ1) is 11.3. The molecular formula is C12H16BrNS. The van der Waals surface area contributed by atoms with E-state index in [2.05, 4.69) is 58.1 Å². The Labute approximate surface area is 104 Å². The Hall–Kier alpha value is -0.150. The van der Waals surface area contributed by atoms with Crippen molar-refractivity contribution in [3.8, 4) is 0 Å². The summed E-state index contributed by atoms with van der Waals surface area (Å²) in [5.41, 5.74) is 2.59. The van der Waals surface area contributed by atoms with Crippen LogP contribution in [0, 0.1) is 12.8 Å². The van der Waals surface area contributed by atoms with Gasteiger partial charge in [0, 0.05) is 16.7 Å². The van der Waals surface area contributed by atoms with Crippen molar-refractivity contribution < 1.29 is 0 Å². The Kier molecular flexibility index (Phi) is 3.98. The van der Waals surface area contributed by atoms with Gasteiger partial charge < -0.3 is 5.32 Å². The number of aryl methyl sites for hydroxylation is 1. The number of benzene rings is 1. The summed E-state index contributed by atoms with van der Waals surface area (Å²) >= 11 is 5.56. The number of hydrogen-bond donors (Lipinski definition) is 1. The van der Waals surface area contributed by atoms with Gasteiger partial charge in [-0.1, -0.05) is 15.9 Å². The molecule has 1 fully saturated rings. The van der Waals surface area contributed by atoms with Crippen LogP contribution in [0.15, 0.2) is 22.7 Å². The smallest absolute Gasteiger partial charge is 0.0370 e. The third-order valence-electron chi connectivity index (χ3n) is 2.79. The van der Waals surface area contributed by atoms with Crippen molar-refractivity contribution in [3.63, 3.8) is 0 Å². The summed E-state index contributed by atoms with van der Waals surface area (Å²) in [5, 5.41) is 3.55. The van der Waals surface area contributed by atoms with E-state index in [-0.39, 0.29) is 0 Å². The zero-order valence-electron chi connectivity index (χ0n) is 8.92. The first-order chi connectivity index (χ1) is 7.25. The fourth-order valence-corrected chi connectivity index (χ4v) is 3.58. The van der Waals surface area contributed by atoms with Gasteiger partial charge in [-0.25, -0.2) is 0 Å². The molecule has 0 aromatic heterocycles. The van der Waals surface area contributed by atoms with Gasteiger partial charge in [0.2, 0.25) is 0 Å². The van der Waals surface area contributed by atoms with Gasteiger partial charge in [-0.15, -0.1) is 0 Å². The molecule has 1 unspecified atom stereocenters. The van der Waals surface area contributed by atoms with Crippen LogP contribution in [0.2, 0.25) is 0 Å². The molecule has 0 radical (unpaired) electrons. The zero-order chi connectivity index (χ0) is 10.7. The van der Waals surface area contributed by atoms with E-state index in [0.717, 1.165) is 16.9 Å². The fraction of sp³-hybridized carbons (Fsp3) is 0.500. The van der Waals surface area contributed by atoms with Gasteiger partial charge in [0.25, 0.3) is 0 Å². The second-order valence-electron chi connectivity index (χ2n) is 4.07. The first-order valence-corrected chi connectivity index (χ1v) is 7.28. The molecule has 1 aromatic rings. The largest absolute Gasteiger partial charge is 0.385 e. The lowest BCUT2D eigenvalue weighted by Crippen LogP contribution is -2.13. The van der Waals surface area contributed by atoms with Gasteiger partial charge in [-0.05, 0) is 54.5 Å². The Morgan fingerprint density at radius 3 is 3.07 bits per heavy atom. The maximum Gasteiger partial charge on any atom is 0.0370 e. The van der Waals surface area contributed by atoms with Gasteiger partial charge in [-0.2, -0.15) is 11.8 Å². The molecule has 0 bridgehead atoms. The minimum absolute atomic E-state index is 0.859. The zero-order valence-corrected chi connectivity index (χ0v) is 11.3. The maximum absolute atomic E-state index is 3.55. The molecule has 0 spiro atoms. The molecular weight excluding hydrogens is 270 g/mol. The van der Waals surface area contributed by atoms with E-state index in [0.29, 0.717) is 0 Å². The van der Waals surface area contributed by atoms with Gasteiger partial charge in [0.15, 0.2) is 0 Å². The third-order valence-corrected chi connectivity index (χ3v) is 4.52. The van der Waals surface area contributed by atoms with Crippen molar-refractivity contribution in [1.29, 1.82) is 0 Å². The van der Waals surface area contributed by atoms with Crippen LogP contribution in [0.3, 0.4) is 0 Å². The normalized spacial score (nSPS) is 20.5. The number of nitrogens with one attached hydrogen (secondary N) is 1. The predicted molar refractivity (Wildman–Crippen MR) is 72.8 cm³/mol. The lowest BCUT2D eigenvalue weighted by molar-refractivity contribution is 0.631. The van der Waals surface area contributed by atoms with Crippen LogP contribution in [0.25, 0.3) is 0 Å². The maximum atomic E-state index is 3.55. The number of anilines is 1. The standard InChI is InChI=1S/C12H16BrNS/c1-9-6-11(13)2-3-12(9)14-7-10-4-5-15-8-10/h2-3,6,10,14H,4-5,7-8H2,1H3. The van der Waals surface area contributed by atoms with Crippen LogP contribution < -0.4 is 5.32 Å². The van der Waals surface area contributed by atoms with E-state index >= 15 is 0 Å². The van der Waals surface area contributed by atoms with Crippen molar-refractivity contribution in [2.45, 2.75) is 13.3 Å². The molecule has 0 aliphatic carbocycles. The van der Waals surface area contributed by atoms with E-state index in [1.807, 2.05) is 0 Å². The summed E-state index contributed by atoms with van der Waals surface area (Å²) in [4.78, 5) is 0. The molecule has 1 N–H and O–H groups in total. The minimum Gasteiger partial charge on any atom is -0.385 e. The number of halogens is 1. The molecule has 1 heterocycles. The van der Waals surface area contributed by atoms with Gasteiger partial charge >= 0.3 is 0 Å². The van der Waals surface area contributed by atoms with Crippen LogP contribution >= 0.6 is 27.7 Å². The first-order valence-electron chi connectivity index (χ1n) is 5.33. The Morgan fingerprint density at radius 2 is 2.40 bits per heavy atom. The third kappa shape index (κ3) is 3.15. The van der Waals surface area contributed by atoms with E-state index in [4.69, 9.17) is 0 Å². The van der Waals surface area contributed by atoms with Crippen molar-refractivity contribution in [3.05, 3.63) is 28.2 Å². The van der Waals surface area contributed by atoms with Crippen LogP contribution in [0.5, 0.6) is 0 Å². The molecule has 3 heteroatoms. The molecule has 2 rings (SSSR count). The van der Waals surface area contributed by atoms with Crippen LogP contribution in [-0.2, 0) is 0 Å². The van der Waals surface area contributed by atoms with E-state index in [1.165, 1.54) is 29.2 Å². The molecule has 1 aliphatic heterocycles. The van der Waals surface area contributed by atoms with E-state index in [1.54, 1.807) is 0 Å². The fourth-order valence-electron chi connectivity index (χ4n) is 1.82. The molecule has 1 atom stereocenters. The minimum atomic E-state index is 0.859. The van der Waals surface area contributed by atoms with Crippen molar-refractivity contribution in [2.75, 3.05) is 23.4 Å². The van der Waals surface area contributed by atoms with Crippen LogP contribution in [-0.4, -0.2) is 18.1 Å². The van der Waals surface area contributed by atoms with Crippen LogP contribution in [0.4, 0.5) is 5.69 Å². The number of hydrogen-bond acceptors (Lipinski definition) is 2. The summed E-state index contributed by atoms with van der Waals surface area (Å²) in [6, 6.07) is 6.41. The Morgan fingerprint density at radius 1 is 1.53 bits per heavy atom. The van der Waals surface area contributed by atoms with Crippen LogP contribution in [0.1, 0.15) is 12.0 Å². The molecule has 0 saturated carbocycles. The van der Waals surface area contributed by atoms with Crippen molar-refractivity contribution in [2.24, 2.45) is 5.92 Å². The second kappa shape index (κ2) is 5.26. The van der Waals surface area contributed by atoms with Crippen molar-refractivity contribution >= 4 is 33.4 Å². The summed E-state index contributed by atoms with van der Waals surface area (Å²) in [6.45, 7) is 3.27.